The van der Waals surface area contributed by atoms with Gasteiger partial charge in [-0.05, 0) is 56.9 Å². The minimum Gasteiger partial charge on any atom is -0.379 e. The van der Waals surface area contributed by atoms with Crippen LogP contribution in [0.4, 0.5) is 5.82 Å². The number of aryl methyl sites for hydroxylation is 1. The lowest BCUT2D eigenvalue weighted by Crippen LogP contribution is -2.60. The summed E-state index contributed by atoms with van der Waals surface area (Å²) < 4.78 is 7.30. The molecule has 10 heteroatoms. The minimum atomic E-state index is 0.105. The molecule has 2 saturated heterocycles. The SMILES string of the molecule is Cc1c(-c2[nH]c3ccc(N4C[C@@H](C)N(C(=O)CN5CCOCC5)C[C@@H]4C)nc3c2C(C)C)cn2ncnc2c1C. The summed E-state index contributed by atoms with van der Waals surface area (Å²) in [6.07, 6.45) is 3.67. The summed E-state index contributed by atoms with van der Waals surface area (Å²) >= 11 is 0. The lowest BCUT2D eigenvalue weighted by atomic mass is 9.95. The fraction of sp³-hybridized carbons (Fsp3) is 0.533. The molecule has 2 atom stereocenters. The third-order valence-corrected chi connectivity index (χ3v) is 8.70. The van der Waals surface area contributed by atoms with Crippen molar-refractivity contribution in [3.05, 3.63) is 41.3 Å². The second kappa shape index (κ2) is 10.5. The van der Waals surface area contributed by atoms with Crippen LogP contribution in [0.15, 0.2) is 24.7 Å². The molecule has 0 aliphatic carbocycles. The number of H-pyrrole nitrogens is 1. The molecule has 212 valence electrons. The Morgan fingerprint density at radius 1 is 1.10 bits per heavy atom. The Morgan fingerprint density at radius 3 is 2.62 bits per heavy atom. The molecule has 4 aromatic heterocycles. The highest BCUT2D eigenvalue weighted by Gasteiger charge is 2.34. The Bertz CT molecular complexity index is 1550. The Labute approximate surface area is 235 Å². The van der Waals surface area contributed by atoms with Gasteiger partial charge in [0.1, 0.15) is 12.1 Å². The van der Waals surface area contributed by atoms with Crippen molar-refractivity contribution in [3.63, 3.8) is 0 Å². The third kappa shape index (κ3) is 4.62. The monoisotopic (exact) mass is 544 g/mol. The molecular formula is C30H40N8O2. The summed E-state index contributed by atoms with van der Waals surface area (Å²) in [5.41, 5.74) is 8.65. The summed E-state index contributed by atoms with van der Waals surface area (Å²) in [5, 5.41) is 4.41. The molecule has 0 radical (unpaired) electrons. The summed E-state index contributed by atoms with van der Waals surface area (Å²) in [6.45, 7) is 18.0. The number of rotatable bonds is 5. The van der Waals surface area contributed by atoms with Gasteiger partial charge in [0, 0.05) is 55.6 Å². The number of morpholine rings is 1. The van der Waals surface area contributed by atoms with Gasteiger partial charge in [0.25, 0.3) is 0 Å². The molecule has 0 bridgehead atoms. The molecule has 1 N–H and O–H groups in total. The summed E-state index contributed by atoms with van der Waals surface area (Å²) in [6, 6.07) is 4.53. The first-order valence-electron chi connectivity index (χ1n) is 14.4. The molecule has 2 fully saturated rings. The smallest absolute Gasteiger partial charge is 0.237 e. The molecule has 1 amide bonds. The van der Waals surface area contributed by atoms with Crippen molar-refractivity contribution in [3.8, 4) is 11.3 Å². The van der Waals surface area contributed by atoms with E-state index in [1.165, 1.54) is 11.1 Å². The molecule has 0 unspecified atom stereocenters. The summed E-state index contributed by atoms with van der Waals surface area (Å²) in [5.74, 6) is 1.43. The molecule has 40 heavy (non-hydrogen) atoms. The van der Waals surface area contributed by atoms with Crippen LogP contribution in [0.3, 0.4) is 0 Å². The van der Waals surface area contributed by atoms with Gasteiger partial charge in [0.05, 0.1) is 36.5 Å². The quantitative estimate of drug-likeness (QED) is 0.409. The van der Waals surface area contributed by atoms with E-state index in [9.17, 15) is 4.79 Å². The first-order valence-corrected chi connectivity index (χ1v) is 14.4. The van der Waals surface area contributed by atoms with E-state index in [1.807, 2.05) is 4.52 Å². The number of carbonyl (C=O) groups is 1. The number of aromatic amines is 1. The van der Waals surface area contributed by atoms with Gasteiger partial charge in [-0.15, -0.1) is 0 Å². The predicted molar refractivity (Wildman–Crippen MR) is 157 cm³/mol. The van der Waals surface area contributed by atoms with Crippen molar-refractivity contribution in [2.24, 2.45) is 0 Å². The zero-order chi connectivity index (χ0) is 28.1. The van der Waals surface area contributed by atoms with E-state index >= 15 is 0 Å². The predicted octanol–water partition coefficient (Wildman–Crippen LogP) is 3.77. The average Bonchev–Trinajstić information content (AvgIpc) is 3.56. The summed E-state index contributed by atoms with van der Waals surface area (Å²) in [4.78, 5) is 33.2. The van der Waals surface area contributed by atoms with Crippen molar-refractivity contribution in [2.75, 3.05) is 50.8 Å². The Balaban J connectivity index is 1.30. The van der Waals surface area contributed by atoms with Crippen molar-refractivity contribution >= 4 is 28.4 Å². The maximum absolute atomic E-state index is 13.2. The molecule has 2 aliphatic rings. The van der Waals surface area contributed by atoms with Crippen LogP contribution >= 0.6 is 0 Å². The first kappa shape index (κ1) is 26.7. The maximum atomic E-state index is 13.2. The van der Waals surface area contributed by atoms with E-state index in [1.54, 1.807) is 6.33 Å². The van der Waals surface area contributed by atoms with Crippen LogP contribution in [0.2, 0.25) is 0 Å². The normalized spacial score (nSPS) is 20.8. The molecule has 0 aromatic carbocycles. The van der Waals surface area contributed by atoms with Gasteiger partial charge in [0.15, 0.2) is 5.65 Å². The lowest BCUT2D eigenvalue weighted by Gasteiger charge is -2.45. The van der Waals surface area contributed by atoms with Gasteiger partial charge in [-0.3, -0.25) is 9.69 Å². The van der Waals surface area contributed by atoms with Gasteiger partial charge in [-0.1, -0.05) is 13.8 Å². The lowest BCUT2D eigenvalue weighted by molar-refractivity contribution is -0.136. The topological polar surface area (TPSA) is 94.9 Å². The van der Waals surface area contributed by atoms with Gasteiger partial charge in [-0.25, -0.2) is 14.5 Å². The average molecular weight is 545 g/mol. The van der Waals surface area contributed by atoms with E-state index in [4.69, 9.17) is 9.72 Å². The van der Waals surface area contributed by atoms with Crippen LogP contribution in [0.1, 0.15) is 50.3 Å². The van der Waals surface area contributed by atoms with Crippen molar-refractivity contribution in [1.29, 1.82) is 0 Å². The first-order chi connectivity index (χ1) is 19.2. The molecular weight excluding hydrogens is 504 g/mol. The second-order valence-electron chi connectivity index (χ2n) is 11.7. The standard InChI is InChI=1S/C30H40N8O2/c1-18(2)27-28(23-15-38-30(31-17-32-38)22(6)21(23)5)33-24-7-8-25(34-29(24)27)36-13-20(4)37(14-19(36)3)26(39)16-35-9-11-40-12-10-35/h7-8,15,17-20,33H,9-14,16H2,1-6H3/t19-,20+/m0/s1. The van der Waals surface area contributed by atoms with Gasteiger partial charge >= 0.3 is 0 Å². The molecule has 0 saturated carbocycles. The van der Waals surface area contributed by atoms with E-state index in [0.29, 0.717) is 26.3 Å². The van der Waals surface area contributed by atoms with E-state index in [2.05, 4.69) is 89.6 Å². The van der Waals surface area contributed by atoms with Gasteiger partial charge in [-0.2, -0.15) is 5.10 Å². The van der Waals surface area contributed by atoms with E-state index < -0.39 is 0 Å². The number of nitrogens with zero attached hydrogens (tertiary/aromatic N) is 7. The number of ether oxygens (including phenoxy) is 1. The Hall–Kier alpha value is -3.50. The van der Waals surface area contributed by atoms with Crippen LogP contribution in [0.25, 0.3) is 27.9 Å². The van der Waals surface area contributed by atoms with Gasteiger partial charge in [0.2, 0.25) is 5.91 Å². The molecule has 6 rings (SSSR count). The molecule has 4 aromatic rings. The Kier molecular flexibility index (Phi) is 7.00. The molecule has 2 aliphatic heterocycles. The largest absolute Gasteiger partial charge is 0.379 e. The highest BCUT2D eigenvalue weighted by atomic mass is 16.5. The number of anilines is 1. The summed E-state index contributed by atoms with van der Waals surface area (Å²) in [7, 11) is 0. The second-order valence-corrected chi connectivity index (χ2v) is 11.7. The van der Waals surface area contributed by atoms with Crippen molar-refractivity contribution in [1.82, 2.24) is 34.4 Å². The fourth-order valence-corrected chi connectivity index (χ4v) is 6.30. The van der Waals surface area contributed by atoms with Gasteiger partial charge < -0.3 is 19.5 Å². The van der Waals surface area contributed by atoms with Crippen LogP contribution in [-0.4, -0.2) is 98.3 Å². The minimum absolute atomic E-state index is 0.105. The Morgan fingerprint density at radius 2 is 1.88 bits per heavy atom. The highest BCUT2D eigenvalue weighted by Crippen LogP contribution is 2.38. The zero-order valence-electron chi connectivity index (χ0n) is 24.4. The zero-order valence-corrected chi connectivity index (χ0v) is 24.4. The molecule has 6 heterocycles. The highest BCUT2D eigenvalue weighted by molar-refractivity contribution is 5.90. The van der Waals surface area contributed by atoms with E-state index in [-0.39, 0.29) is 23.9 Å². The van der Waals surface area contributed by atoms with Crippen LogP contribution in [0, 0.1) is 13.8 Å². The number of hydrogen-bond acceptors (Lipinski definition) is 7. The number of carbonyl (C=O) groups excluding carboxylic acids is 1. The maximum Gasteiger partial charge on any atom is 0.237 e. The number of piperazine rings is 1. The third-order valence-electron chi connectivity index (χ3n) is 8.70. The van der Waals surface area contributed by atoms with Crippen LogP contribution in [0.5, 0.6) is 0 Å². The van der Waals surface area contributed by atoms with Crippen molar-refractivity contribution in [2.45, 2.75) is 59.5 Å². The number of fused-ring (bicyclic) bond motifs is 2. The van der Waals surface area contributed by atoms with Crippen LogP contribution < -0.4 is 4.90 Å². The molecule has 10 nitrogen and oxygen atoms in total. The number of aromatic nitrogens is 5. The number of hydrogen-bond donors (Lipinski definition) is 1. The number of nitrogens with one attached hydrogen (secondary N) is 1. The van der Waals surface area contributed by atoms with Crippen LogP contribution in [-0.2, 0) is 9.53 Å². The number of pyridine rings is 2. The van der Waals surface area contributed by atoms with E-state index in [0.717, 1.165) is 59.0 Å². The van der Waals surface area contributed by atoms with Crippen molar-refractivity contribution < 1.29 is 9.53 Å². The fourth-order valence-electron chi connectivity index (χ4n) is 6.30. The number of amides is 1. The molecule has 0 spiro atoms.